The van der Waals surface area contributed by atoms with Gasteiger partial charge in [-0.1, -0.05) is 99.1 Å². The van der Waals surface area contributed by atoms with Crippen LogP contribution in [0.3, 0.4) is 0 Å². The molecule has 47 heavy (non-hydrogen) atoms. The molecular weight excluding hydrogens is 636 g/mol. The normalized spacial score (nSPS) is 18.4. The number of esters is 1. The summed E-state index contributed by atoms with van der Waals surface area (Å²) >= 11 is 6.22. The predicted octanol–water partition coefficient (Wildman–Crippen LogP) is 6.47. The van der Waals surface area contributed by atoms with Crippen molar-refractivity contribution in [2.75, 3.05) is 20.3 Å². The number of rotatable bonds is 14. The smallest absolute Gasteiger partial charge is 0.323 e. The van der Waals surface area contributed by atoms with E-state index < -0.39 is 45.6 Å². The number of methoxy groups -OCH3 is 1. The van der Waals surface area contributed by atoms with E-state index in [1.54, 1.807) is 48.5 Å². The Morgan fingerprint density at radius 1 is 0.979 bits per heavy atom. The van der Waals surface area contributed by atoms with E-state index in [4.69, 9.17) is 21.1 Å². The Bertz CT molecular complexity index is 1670. The van der Waals surface area contributed by atoms with Gasteiger partial charge >= 0.3 is 5.97 Å². The molecule has 0 spiro atoms. The molecule has 3 aromatic carbocycles. The molecule has 0 saturated carbocycles. The number of ether oxygens (including phenoxy) is 2. The number of nitrogens with zero attached hydrogens (tertiary/aromatic N) is 1. The van der Waals surface area contributed by atoms with E-state index in [1.807, 2.05) is 75.4 Å². The number of benzene rings is 3. The molecule has 3 aromatic rings. The Balaban J connectivity index is 1.50. The van der Waals surface area contributed by atoms with Crippen LogP contribution in [-0.4, -0.2) is 62.9 Å². The van der Waals surface area contributed by atoms with Crippen LogP contribution in [0.4, 0.5) is 0 Å². The summed E-state index contributed by atoms with van der Waals surface area (Å²) in [5.74, 6) is -0.553. The number of Topliss-reactive ketones (excluding diaryl/α,β-unsaturated/α-hetero) is 1. The van der Waals surface area contributed by atoms with Crippen LogP contribution < -0.4 is 5.32 Å². The fourth-order valence-electron chi connectivity index (χ4n) is 5.88. The summed E-state index contributed by atoms with van der Waals surface area (Å²) in [5, 5.41) is 3.67. The van der Waals surface area contributed by atoms with Gasteiger partial charge in [-0.15, -0.1) is 0 Å². The Kier molecular flexibility index (Phi) is 12.2. The second kappa shape index (κ2) is 15.7. The highest BCUT2D eigenvalue weighted by Crippen LogP contribution is 2.46. The van der Waals surface area contributed by atoms with Crippen LogP contribution in [0.25, 0.3) is 0 Å². The third kappa shape index (κ3) is 8.97. The summed E-state index contributed by atoms with van der Waals surface area (Å²) < 4.78 is 41.5. The largest absolute Gasteiger partial charge is 0.468 e. The zero-order valence-electron chi connectivity index (χ0n) is 27.9. The molecule has 8 nitrogen and oxygen atoms in total. The highest BCUT2D eigenvalue weighted by atomic mass is 35.5. The van der Waals surface area contributed by atoms with Crippen LogP contribution in [0.1, 0.15) is 56.8 Å². The van der Waals surface area contributed by atoms with Crippen LogP contribution in [0.15, 0.2) is 95.4 Å². The lowest BCUT2D eigenvalue weighted by Gasteiger charge is -2.37. The molecule has 10 heteroatoms. The van der Waals surface area contributed by atoms with Gasteiger partial charge in [-0.05, 0) is 66.1 Å². The number of carbonyl (C=O) groups excluding carboxylic acids is 2. The first-order valence-corrected chi connectivity index (χ1v) is 17.6. The van der Waals surface area contributed by atoms with Crippen molar-refractivity contribution < 1.29 is 27.5 Å². The molecule has 0 aliphatic carbocycles. The van der Waals surface area contributed by atoms with Crippen molar-refractivity contribution in [3.05, 3.63) is 112 Å². The van der Waals surface area contributed by atoms with Gasteiger partial charge in [0.25, 0.3) is 0 Å². The predicted molar refractivity (Wildman–Crippen MR) is 185 cm³/mol. The molecule has 0 saturated heterocycles. The number of carbonyl (C=O) groups is 2. The van der Waals surface area contributed by atoms with E-state index in [-0.39, 0.29) is 30.3 Å². The van der Waals surface area contributed by atoms with E-state index in [2.05, 4.69) is 5.32 Å². The fourth-order valence-corrected chi connectivity index (χ4v) is 8.17. The van der Waals surface area contributed by atoms with Gasteiger partial charge in [0.15, 0.2) is 5.78 Å². The first kappa shape index (κ1) is 36.5. The first-order chi connectivity index (χ1) is 22.2. The van der Waals surface area contributed by atoms with Gasteiger partial charge in [-0.3, -0.25) is 14.9 Å². The van der Waals surface area contributed by atoms with E-state index in [1.165, 1.54) is 7.11 Å². The lowest BCUT2D eigenvalue weighted by molar-refractivity contribution is -0.143. The zero-order valence-corrected chi connectivity index (χ0v) is 29.5. The number of nitrogens with one attached hydrogen (secondary N) is 1. The molecule has 1 heterocycles. The highest BCUT2D eigenvalue weighted by molar-refractivity contribution is 7.89. The summed E-state index contributed by atoms with van der Waals surface area (Å²) in [4.78, 5) is 25.8. The van der Waals surface area contributed by atoms with Crippen LogP contribution >= 0.6 is 11.6 Å². The van der Waals surface area contributed by atoms with Gasteiger partial charge < -0.3 is 9.47 Å². The van der Waals surface area contributed by atoms with Crippen molar-refractivity contribution in [2.45, 2.75) is 76.5 Å². The lowest BCUT2D eigenvalue weighted by Crippen LogP contribution is -2.47. The van der Waals surface area contributed by atoms with Gasteiger partial charge in [-0.2, -0.15) is 4.31 Å². The van der Waals surface area contributed by atoms with Crippen LogP contribution in [0.2, 0.25) is 5.02 Å². The minimum atomic E-state index is -3.95. The number of aryl methyl sites for hydroxylation is 1. The lowest BCUT2D eigenvalue weighted by atomic mass is 9.87. The van der Waals surface area contributed by atoms with Crippen molar-refractivity contribution in [1.82, 2.24) is 9.62 Å². The van der Waals surface area contributed by atoms with E-state index in [9.17, 15) is 18.0 Å². The Morgan fingerprint density at radius 3 is 2.23 bits per heavy atom. The van der Waals surface area contributed by atoms with Crippen LogP contribution in [-0.2, 0) is 35.5 Å². The summed E-state index contributed by atoms with van der Waals surface area (Å²) in [6.45, 7) is 9.83. The van der Waals surface area contributed by atoms with Crippen molar-refractivity contribution in [3.8, 4) is 0 Å². The van der Waals surface area contributed by atoms with Crippen molar-refractivity contribution in [1.29, 1.82) is 0 Å². The number of hydrogen-bond donors (Lipinski definition) is 1. The topological polar surface area (TPSA) is 102 Å². The van der Waals surface area contributed by atoms with Gasteiger partial charge in [0.05, 0.1) is 37.3 Å². The third-order valence-electron chi connectivity index (χ3n) is 8.44. The summed E-state index contributed by atoms with van der Waals surface area (Å²) in [6, 6.07) is 21.4. The van der Waals surface area contributed by atoms with Crippen molar-refractivity contribution in [2.24, 2.45) is 5.41 Å². The molecule has 1 aliphatic rings. The van der Waals surface area contributed by atoms with Crippen molar-refractivity contribution >= 4 is 33.4 Å². The monoisotopic (exact) mass is 680 g/mol. The van der Waals surface area contributed by atoms with E-state index >= 15 is 0 Å². The van der Waals surface area contributed by atoms with Crippen molar-refractivity contribution in [3.63, 3.8) is 0 Å². The quantitative estimate of drug-likeness (QED) is 0.118. The third-order valence-corrected chi connectivity index (χ3v) is 10.7. The molecule has 252 valence electrons. The fraction of sp³-hybridized carbons (Fsp3) is 0.405. The molecule has 1 N–H and O–H groups in total. The summed E-state index contributed by atoms with van der Waals surface area (Å²) in [6.07, 6.45) is 2.49. The number of sulfonamides is 1. The van der Waals surface area contributed by atoms with Crippen LogP contribution in [0.5, 0.6) is 0 Å². The molecule has 0 radical (unpaired) electrons. The molecule has 4 unspecified atom stereocenters. The maximum Gasteiger partial charge on any atom is 0.323 e. The van der Waals surface area contributed by atoms with Gasteiger partial charge in [0, 0.05) is 17.5 Å². The standard InChI is InChI=1S/C37H45ClN2O6S/c1-25-12-10-11-15-33(25)47(43,44)40-34(37(3,4)5)23-29(35(40)28-16-18-30(38)19-17-28)24-46-21-20-32(41)26(2)39-31(36(42)45-6)22-27-13-8-7-9-14-27/h7-19,23,26,31,34-35,39H,20-22,24H2,1-6H3. The second-order valence-electron chi connectivity index (χ2n) is 13.0. The van der Waals surface area contributed by atoms with Gasteiger partial charge in [0.1, 0.15) is 6.04 Å². The molecule has 1 aliphatic heterocycles. The Morgan fingerprint density at radius 2 is 1.62 bits per heavy atom. The van der Waals surface area contributed by atoms with Gasteiger partial charge in [-0.25, -0.2) is 8.42 Å². The molecule has 0 aromatic heterocycles. The summed E-state index contributed by atoms with van der Waals surface area (Å²) in [5.41, 5.74) is 2.74. The van der Waals surface area contributed by atoms with E-state index in [0.717, 1.165) is 16.7 Å². The maximum absolute atomic E-state index is 14.4. The molecule has 0 amide bonds. The highest BCUT2D eigenvalue weighted by Gasteiger charge is 2.48. The Labute approximate surface area is 284 Å². The first-order valence-electron chi connectivity index (χ1n) is 15.8. The molecule has 4 atom stereocenters. The minimum Gasteiger partial charge on any atom is -0.468 e. The second-order valence-corrected chi connectivity index (χ2v) is 15.3. The van der Waals surface area contributed by atoms with Gasteiger partial charge in [0.2, 0.25) is 10.0 Å². The molecule has 0 bridgehead atoms. The molecule has 4 rings (SSSR count). The van der Waals surface area contributed by atoms with Crippen LogP contribution in [0, 0.1) is 12.3 Å². The summed E-state index contributed by atoms with van der Waals surface area (Å²) in [7, 11) is -2.62. The molecular formula is C37H45ClN2O6S. The number of halogens is 1. The minimum absolute atomic E-state index is 0.111. The number of ketones is 1. The SMILES string of the molecule is COC(=O)C(Cc1ccccc1)NC(C)C(=O)CCOCC1=CC(C(C)(C)C)N(S(=O)(=O)c2ccccc2C)C1c1ccc(Cl)cc1. The molecule has 0 fully saturated rings. The van der Waals surface area contributed by atoms with E-state index in [0.29, 0.717) is 17.0 Å². The average Bonchev–Trinajstić information content (AvgIpc) is 3.44. The Hall–Kier alpha value is -3.34. The maximum atomic E-state index is 14.4. The number of hydrogen-bond acceptors (Lipinski definition) is 7. The average molecular weight is 681 g/mol. The zero-order chi connectivity index (χ0) is 34.4.